The zero-order chi connectivity index (χ0) is 15.4. The van der Waals surface area contributed by atoms with E-state index < -0.39 is 18.0 Å². The molecular formula is C13H17FN4O3. The molecule has 1 amide bonds. The molecule has 2 rings (SSSR count). The Morgan fingerprint density at radius 1 is 1.62 bits per heavy atom. The van der Waals surface area contributed by atoms with Gasteiger partial charge in [0.15, 0.2) is 0 Å². The van der Waals surface area contributed by atoms with Crippen molar-refractivity contribution < 1.29 is 19.0 Å². The molecule has 1 aliphatic rings. The lowest BCUT2D eigenvalue weighted by Crippen LogP contribution is -2.29. The Bertz CT molecular complexity index is 540. The van der Waals surface area contributed by atoms with Crippen molar-refractivity contribution in [3.05, 3.63) is 24.0 Å². The second kappa shape index (κ2) is 6.51. The van der Waals surface area contributed by atoms with Gasteiger partial charge in [-0.15, -0.1) is 0 Å². The SMILES string of the molecule is N=CN(CCN)c1ccc(N2CC(CO)OC2=O)cc1F. The standard InChI is InChI=1S/C13H17FN4O3/c14-11-5-9(18-6-10(7-19)21-13(18)20)1-2-12(11)17(8-16)4-3-15/h1-2,5,8,10,16,19H,3-4,6-7,15H2. The summed E-state index contributed by atoms with van der Waals surface area (Å²) in [5.74, 6) is -0.565. The van der Waals surface area contributed by atoms with Crippen LogP contribution in [0, 0.1) is 11.2 Å². The number of cyclic esters (lactones) is 1. The number of hydrogen-bond acceptors (Lipinski definition) is 5. The fraction of sp³-hybridized carbons (Fsp3) is 0.385. The molecule has 0 aliphatic carbocycles. The van der Waals surface area contributed by atoms with Gasteiger partial charge in [-0.05, 0) is 18.2 Å². The summed E-state index contributed by atoms with van der Waals surface area (Å²) in [5.41, 5.74) is 5.97. The molecule has 1 aromatic rings. The second-order valence-corrected chi connectivity index (χ2v) is 4.55. The van der Waals surface area contributed by atoms with E-state index >= 15 is 0 Å². The van der Waals surface area contributed by atoms with Crippen molar-refractivity contribution in [1.29, 1.82) is 5.41 Å². The topological polar surface area (TPSA) is 103 Å². The molecule has 1 heterocycles. The number of halogens is 1. The number of nitrogens with zero attached hydrogens (tertiary/aromatic N) is 2. The molecule has 1 saturated heterocycles. The van der Waals surface area contributed by atoms with Crippen molar-refractivity contribution in [3.8, 4) is 0 Å². The number of nitrogens with two attached hydrogens (primary N) is 1. The van der Waals surface area contributed by atoms with Crippen LogP contribution in [-0.2, 0) is 4.74 Å². The maximum atomic E-state index is 14.2. The quantitative estimate of drug-likeness (QED) is 0.524. The van der Waals surface area contributed by atoms with Gasteiger partial charge in [-0.25, -0.2) is 9.18 Å². The lowest BCUT2D eigenvalue weighted by Gasteiger charge is -2.20. The van der Waals surface area contributed by atoms with E-state index in [1.165, 1.54) is 21.9 Å². The molecule has 21 heavy (non-hydrogen) atoms. The van der Waals surface area contributed by atoms with Gasteiger partial charge < -0.3 is 20.5 Å². The molecule has 0 bridgehead atoms. The zero-order valence-electron chi connectivity index (χ0n) is 11.3. The minimum atomic E-state index is -0.618. The highest BCUT2D eigenvalue weighted by atomic mass is 19.1. The van der Waals surface area contributed by atoms with Crippen LogP contribution in [-0.4, -0.2) is 49.9 Å². The van der Waals surface area contributed by atoms with E-state index in [1.807, 2.05) is 0 Å². The number of carbonyl (C=O) groups excluding carboxylic acids is 1. The van der Waals surface area contributed by atoms with Crippen molar-refractivity contribution in [2.24, 2.45) is 5.73 Å². The summed E-state index contributed by atoms with van der Waals surface area (Å²) in [7, 11) is 0. The number of carbonyl (C=O) groups is 1. The van der Waals surface area contributed by atoms with Gasteiger partial charge in [0.2, 0.25) is 0 Å². The summed E-state index contributed by atoms with van der Waals surface area (Å²) in [5, 5.41) is 16.3. The van der Waals surface area contributed by atoms with E-state index in [-0.39, 0.29) is 25.4 Å². The predicted octanol–water partition coefficient (Wildman–Crippen LogP) is 0.515. The third kappa shape index (κ3) is 3.11. The molecule has 1 aromatic carbocycles. The number of anilines is 2. The van der Waals surface area contributed by atoms with E-state index in [4.69, 9.17) is 21.0 Å². The molecule has 0 saturated carbocycles. The molecular weight excluding hydrogens is 279 g/mol. The molecule has 1 fully saturated rings. The van der Waals surface area contributed by atoms with Crippen molar-refractivity contribution in [2.45, 2.75) is 6.10 Å². The molecule has 1 unspecified atom stereocenters. The molecule has 0 radical (unpaired) electrons. The first-order valence-corrected chi connectivity index (χ1v) is 6.46. The molecule has 0 aromatic heterocycles. The highest BCUT2D eigenvalue weighted by molar-refractivity contribution is 5.90. The smallest absolute Gasteiger partial charge is 0.414 e. The highest BCUT2D eigenvalue weighted by Crippen LogP contribution is 2.27. The van der Waals surface area contributed by atoms with E-state index in [2.05, 4.69) is 0 Å². The van der Waals surface area contributed by atoms with Crippen LogP contribution in [0.2, 0.25) is 0 Å². The van der Waals surface area contributed by atoms with Gasteiger partial charge in [0.1, 0.15) is 11.9 Å². The minimum absolute atomic E-state index is 0.172. The fourth-order valence-corrected chi connectivity index (χ4v) is 2.12. The Hall–Kier alpha value is -2.19. The predicted molar refractivity (Wildman–Crippen MR) is 76.3 cm³/mol. The first kappa shape index (κ1) is 15.2. The number of nitrogens with one attached hydrogen (secondary N) is 1. The summed E-state index contributed by atoms with van der Waals surface area (Å²) >= 11 is 0. The summed E-state index contributed by atoms with van der Waals surface area (Å²) in [6, 6.07) is 4.24. The number of rotatable bonds is 6. The molecule has 8 heteroatoms. The Kier molecular flexibility index (Phi) is 4.71. The molecule has 1 aliphatic heterocycles. The van der Waals surface area contributed by atoms with Crippen molar-refractivity contribution in [3.63, 3.8) is 0 Å². The second-order valence-electron chi connectivity index (χ2n) is 4.55. The first-order valence-electron chi connectivity index (χ1n) is 6.46. The monoisotopic (exact) mass is 296 g/mol. The normalized spacial score (nSPS) is 17.8. The highest BCUT2D eigenvalue weighted by Gasteiger charge is 2.32. The molecule has 114 valence electrons. The van der Waals surface area contributed by atoms with E-state index in [1.54, 1.807) is 6.07 Å². The van der Waals surface area contributed by atoms with Crippen molar-refractivity contribution in [1.82, 2.24) is 0 Å². The van der Waals surface area contributed by atoms with Gasteiger partial charge >= 0.3 is 6.09 Å². The van der Waals surface area contributed by atoms with Gasteiger partial charge in [-0.1, -0.05) is 0 Å². The summed E-state index contributed by atoms with van der Waals surface area (Å²) in [6.07, 6.45) is -0.223. The van der Waals surface area contributed by atoms with Crippen LogP contribution in [0.4, 0.5) is 20.6 Å². The van der Waals surface area contributed by atoms with E-state index in [0.717, 1.165) is 6.34 Å². The van der Waals surface area contributed by atoms with Crippen LogP contribution in [0.3, 0.4) is 0 Å². The Morgan fingerprint density at radius 3 is 2.90 bits per heavy atom. The lowest BCUT2D eigenvalue weighted by atomic mass is 10.2. The van der Waals surface area contributed by atoms with E-state index in [0.29, 0.717) is 12.2 Å². The van der Waals surface area contributed by atoms with Crippen LogP contribution >= 0.6 is 0 Å². The number of amides is 1. The lowest BCUT2D eigenvalue weighted by molar-refractivity contribution is 0.0963. The maximum absolute atomic E-state index is 14.2. The molecule has 0 spiro atoms. The van der Waals surface area contributed by atoms with Crippen LogP contribution < -0.4 is 15.5 Å². The summed E-state index contributed by atoms with van der Waals surface area (Å²) < 4.78 is 19.1. The summed E-state index contributed by atoms with van der Waals surface area (Å²) in [6.45, 7) is 0.497. The molecule has 7 nitrogen and oxygen atoms in total. The van der Waals surface area contributed by atoms with Gasteiger partial charge in [-0.3, -0.25) is 10.3 Å². The summed E-state index contributed by atoms with van der Waals surface area (Å²) in [4.78, 5) is 14.3. The first-order chi connectivity index (χ1) is 10.1. The molecule has 1 atom stereocenters. The number of ether oxygens (including phenoxy) is 1. The van der Waals surface area contributed by atoms with Crippen LogP contribution in [0.5, 0.6) is 0 Å². The maximum Gasteiger partial charge on any atom is 0.414 e. The third-order valence-electron chi connectivity index (χ3n) is 3.16. The Labute approximate surface area is 121 Å². The van der Waals surface area contributed by atoms with Crippen molar-refractivity contribution in [2.75, 3.05) is 36.0 Å². The minimum Gasteiger partial charge on any atom is -0.441 e. The van der Waals surface area contributed by atoms with Crippen molar-refractivity contribution >= 4 is 23.8 Å². The average Bonchev–Trinajstić information content (AvgIpc) is 2.86. The Balaban J connectivity index is 2.23. The van der Waals surface area contributed by atoms with Gasteiger partial charge in [0.25, 0.3) is 0 Å². The van der Waals surface area contributed by atoms with Crippen LogP contribution in [0.25, 0.3) is 0 Å². The zero-order valence-corrected chi connectivity index (χ0v) is 11.3. The number of hydrogen-bond donors (Lipinski definition) is 3. The average molecular weight is 296 g/mol. The molecule has 4 N–H and O–H groups in total. The third-order valence-corrected chi connectivity index (χ3v) is 3.16. The van der Waals surface area contributed by atoms with Gasteiger partial charge in [-0.2, -0.15) is 0 Å². The largest absolute Gasteiger partial charge is 0.441 e. The van der Waals surface area contributed by atoms with Gasteiger partial charge in [0, 0.05) is 13.1 Å². The fourth-order valence-electron chi connectivity index (χ4n) is 2.12. The van der Waals surface area contributed by atoms with Gasteiger partial charge in [0.05, 0.1) is 30.9 Å². The van der Waals surface area contributed by atoms with Crippen LogP contribution in [0.1, 0.15) is 0 Å². The van der Waals surface area contributed by atoms with E-state index in [9.17, 15) is 9.18 Å². The number of aliphatic hydroxyl groups is 1. The number of benzene rings is 1. The Morgan fingerprint density at radius 2 is 2.38 bits per heavy atom. The van der Waals surface area contributed by atoms with Crippen LogP contribution in [0.15, 0.2) is 18.2 Å². The number of aliphatic hydroxyl groups excluding tert-OH is 1.